The van der Waals surface area contributed by atoms with Gasteiger partial charge < -0.3 is 15.5 Å². The molecule has 1 saturated carbocycles. The summed E-state index contributed by atoms with van der Waals surface area (Å²) in [5, 5.41) is 6.68. The lowest BCUT2D eigenvalue weighted by Crippen LogP contribution is -2.47. The number of piperidine rings is 1. The molecule has 4 heteroatoms. The Hall–Kier alpha value is -0.610. The van der Waals surface area contributed by atoms with Crippen LogP contribution < -0.4 is 10.6 Å². The molecule has 1 atom stereocenters. The van der Waals surface area contributed by atoms with Crippen LogP contribution in [0.25, 0.3) is 0 Å². The largest absolute Gasteiger partial charge is 0.340 e. The van der Waals surface area contributed by atoms with Crippen LogP contribution in [0.15, 0.2) is 0 Å². The summed E-state index contributed by atoms with van der Waals surface area (Å²) in [5.41, 5.74) is 0.396. The summed E-state index contributed by atoms with van der Waals surface area (Å²) in [5.74, 6) is 0.788. The molecule has 90 valence electrons. The molecule has 1 unspecified atom stereocenters. The number of rotatable bonds is 1. The molecule has 2 saturated heterocycles. The van der Waals surface area contributed by atoms with Crippen LogP contribution in [-0.2, 0) is 4.79 Å². The number of nitrogens with zero attached hydrogens (tertiary/aromatic N) is 1. The normalized spacial score (nSPS) is 32.8. The van der Waals surface area contributed by atoms with Crippen molar-refractivity contribution in [2.45, 2.75) is 19.3 Å². The second-order valence-electron chi connectivity index (χ2n) is 5.44. The van der Waals surface area contributed by atoms with Gasteiger partial charge in [-0.15, -0.1) is 0 Å². The van der Waals surface area contributed by atoms with Gasteiger partial charge in [-0.3, -0.25) is 4.79 Å². The van der Waals surface area contributed by atoms with Gasteiger partial charge in [-0.1, -0.05) is 0 Å². The van der Waals surface area contributed by atoms with E-state index >= 15 is 0 Å². The van der Waals surface area contributed by atoms with E-state index < -0.39 is 0 Å². The lowest BCUT2D eigenvalue weighted by atomic mass is 9.91. The van der Waals surface area contributed by atoms with Crippen molar-refractivity contribution in [1.29, 1.82) is 0 Å². The zero-order chi connectivity index (χ0) is 11.0. The molecule has 0 aromatic heterocycles. The molecule has 2 heterocycles. The van der Waals surface area contributed by atoms with Crippen LogP contribution in [0.5, 0.6) is 0 Å². The van der Waals surface area contributed by atoms with Gasteiger partial charge >= 0.3 is 0 Å². The minimum atomic E-state index is 0.354. The highest BCUT2D eigenvalue weighted by Gasteiger charge is 2.58. The Morgan fingerprint density at radius 1 is 1.06 bits per heavy atom. The highest BCUT2D eigenvalue weighted by molar-refractivity contribution is 5.82. The Morgan fingerprint density at radius 3 is 2.38 bits per heavy atom. The molecule has 1 amide bonds. The third kappa shape index (κ3) is 1.74. The maximum absolute atomic E-state index is 12.3. The topological polar surface area (TPSA) is 44.4 Å². The van der Waals surface area contributed by atoms with Gasteiger partial charge in [0, 0.05) is 32.1 Å². The number of piperazine rings is 1. The first-order chi connectivity index (χ1) is 7.82. The van der Waals surface area contributed by atoms with E-state index in [2.05, 4.69) is 15.5 Å². The van der Waals surface area contributed by atoms with E-state index in [1.54, 1.807) is 0 Å². The maximum Gasteiger partial charge on any atom is 0.226 e. The first-order valence-corrected chi connectivity index (χ1v) is 6.52. The van der Waals surface area contributed by atoms with E-state index in [0.29, 0.717) is 17.2 Å². The minimum Gasteiger partial charge on any atom is -0.340 e. The number of nitrogens with one attached hydrogen (secondary N) is 2. The number of amides is 1. The summed E-state index contributed by atoms with van der Waals surface area (Å²) >= 11 is 0. The van der Waals surface area contributed by atoms with Crippen LogP contribution in [0.3, 0.4) is 0 Å². The number of hydrogen-bond acceptors (Lipinski definition) is 3. The van der Waals surface area contributed by atoms with Gasteiger partial charge in [-0.05, 0) is 37.8 Å². The van der Waals surface area contributed by atoms with E-state index in [1.165, 1.54) is 12.8 Å². The average molecular weight is 223 g/mol. The first-order valence-electron chi connectivity index (χ1n) is 6.52. The van der Waals surface area contributed by atoms with Gasteiger partial charge in [-0.2, -0.15) is 0 Å². The van der Waals surface area contributed by atoms with E-state index in [1.807, 2.05) is 0 Å². The van der Waals surface area contributed by atoms with Gasteiger partial charge in [0.05, 0.1) is 0 Å². The van der Waals surface area contributed by atoms with Crippen molar-refractivity contribution in [3.63, 3.8) is 0 Å². The third-order valence-electron chi connectivity index (χ3n) is 4.52. The molecule has 1 spiro atoms. The fraction of sp³-hybridized carbons (Fsp3) is 0.917. The molecule has 1 aliphatic carbocycles. The molecule has 2 N–H and O–H groups in total. The first kappa shape index (κ1) is 10.5. The molecule has 0 bridgehead atoms. The summed E-state index contributed by atoms with van der Waals surface area (Å²) in [7, 11) is 0. The molecule has 3 aliphatic rings. The molecular formula is C12H21N3O. The third-order valence-corrected chi connectivity index (χ3v) is 4.52. The van der Waals surface area contributed by atoms with Gasteiger partial charge in [-0.25, -0.2) is 0 Å². The summed E-state index contributed by atoms with van der Waals surface area (Å²) < 4.78 is 0. The van der Waals surface area contributed by atoms with Crippen molar-refractivity contribution in [2.75, 3.05) is 39.3 Å². The maximum atomic E-state index is 12.3. The van der Waals surface area contributed by atoms with Crippen molar-refractivity contribution in [3.05, 3.63) is 0 Å². The predicted octanol–water partition coefficient (Wildman–Crippen LogP) is -0.192. The van der Waals surface area contributed by atoms with Gasteiger partial charge in [0.2, 0.25) is 5.91 Å². The van der Waals surface area contributed by atoms with E-state index in [-0.39, 0.29) is 0 Å². The number of carbonyl (C=O) groups is 1. The monoisotopic (exact) mass is 223 g/mol. The van der Waals surface area contributed by atoms with Crippen molar-refractivity contribution in [2.24, 2.45) is 11.3 Å². The summed E-state index contributed by atoms with van der Waals surface area (Å²) in [6.45, 7) is 5.95. The predicted molar refractivity (Wildman–Crippen MR) is 62.1 cm³/mol. The fourth-order valence-corrected chi connectivity index (χ4v) is 3.28. The van der Waals surface area contributed by atoms with Crippen LogP contribution in [-0.4, -0.2) is 50.1 Å². The lowest BCUT2D eigenvalue weighted by molar-refractivity contribution is -0.134. The Bertz CT molecular complexity index is 280. The fourth-order valence-electron chi connectivity index (χ4n) is 3.28. The zero-order valence-electron chi connectivity index (χ0n) is 9.80. The second-order valence-corrected chi connectivity index (χ2v) is 5.44. The molecule has 3 fully saturated rings. The molecule has 2 aliphatic heterocycles. The van der Waals surface area contributed by atoms with Crippen LogP contribution in [0.1, 0.15) is 19.3 Å². The molecule has 0 radical (unpaired) electrons. The smallest absolute Gasteiger partial charge is 0.226 e. The average Bonchev–Trinajstić information content (AvgIpc) is 3.04. The van der Waals surface area contributed by atoms with Gasteiger partial charge in [0.1, 0.15) is 0 Å². The van der Waals surface area contributed by atoms with Crippen LogP contribution in [0.4, 0.5) is 0 Å². The highest BCUT2D eigenvalue weighted by atomic mass is 16.2. The van der Waals surface area contributed by atoms with E-state index in [0.717, 1.165) is 45.7 Å². The van der Waals surface area contributed by atoms with E-state index in [4.69, 9.17) is 0 Å². The Labute approximate surface area is 96.8 Å². The molecule has 0 aromatic rings. The summed E-state index contributed by atoms with van der Waals surface area (Å²) in [6, 6.07) is 0. The SMILES string of the molecule is O=C(C1CC12CCNCC2)N1CCNCC1. The Kier molecular flexibility index (Phi) is 2.64. The molecule has 4 nitrogen and oxygen atoms in total. The van der Waals surface area contributed by atoms with Crippen molar-refractivity contribution < 1.29 is 4.79 Å². The summed E-state index contributed by atoms with van der Waals surface area (Å²) in [6.07, 6.45) is 3.56. The van der Waals surface area contributed by atoms with Crippen molar-refractivity contribution in [3.8, 4) is 0 Å². The molecule has 16 heavy (non-hydrogen) atoms. The second kappa shape index (κ2) is 4.00. The standard InChI is InChI=1S/C12H21N3O/c16-11(15-7-5-14-6-8-15)10-9-12(10)1-3-13-4-2-12/h10,13-14H,1-9H2. The van der Waals surface area contributed by atoms with Crippen LogP contribution in [0.2, 0.25) is 0 Å². The number of hydrogen-bond donors (Lipinski definition) is 2. The van der Waals surface area contributed by atoms with Crippen LogP contribution >= 0.6 is 0 Å². The van der Waals surface area contributed by atoms with Crippen LogP contribution in [0, 0.1) is 11.3 Å². The molecule has 3 rings (SSSR count). The Morgan fingerprint density at radius 2 is 1.69 bits per heavy atom. The van der Waals surface area contributed by atoms with Crippen molar-refractivity contribution in [1.82, 2.24) is 15.5 Å². The quantitative estimate of drug-likeness (QED) is 0.647. The van der Waals surface area contributed by atoms with Gasteiger partial charge in [0.25, 0.3) is 0 Å². The van der Waals surface area contributed by atoms with Gasteiger partial charge in [0.15, 0.2) is 0 Å². The summed E-state index contributed by atoms with van der Waals surface area (Å²) in [4.78, 5) is 14.4. The number of carbonyl (C=O) groups excluding carboxylic acids is 1. The minimum absolute atomic E-state index is 0.354. The highest BCUT2D eigenvalue weighted by Crippen LogP contribution is 2.59. The van der Waals surface area contributed by atoms with Crippen molar-refractivity contribution >= 4 is 5.91 Å². The molecular weight excluding hydrogens is 202 g/mol. The zero-order valence-corrected chi connectivity index (χ0v) is 9.80. The Balaban J connectivity index is 1.60. The lowest BCUT2D eigenvalue weighted by Gasteiger charge is -2.29. The molecule has 0 aromatic carbocycles. The van der Waals surface area contributed by atoms with E-state index in [9.17, 15) is 4.79 Å².